The maximum atomic E-state index is 12.8. The topological polar surface area (TPSA) is 66.7 Å². The maximum absolute atomic E-state index is 12.8. The van der Waals surface area contributed by atoms with Gasteiger partial charge in [0.05, 0.1) is 5.69 Å². The van der Waals surface area contributed by atoms with Crippen molar-refractivity contribution in [1.29, 1.82) is 0 Å². The van der Waals surface area contributed by atoms with E-state index in [2.05, 4.69) is 5.16 Å². The van der Waals surface area contributed by atoms with E-state index in [-0.39, 0.29) is 23.1 Å². The highest BCUT2D eigenvalue weighted by Gasteiger charge is 2.33. The van der Waals surface area contributed by atoms with Crippen LogP contribution in [0.25, 0.3) is 0 Å². The van der Waals surface area contributed by atoms with Crippen molar-refractivity contribution >= 4 is 11.8 Å². The fraction of sp³-hybridized carbons (Fsp3) is 0.706. The summed E-state index contributed by atoms with van der Waals surface area (Å²) in [6.45, 7) is 13.8. The van der Waals surface area contributed by atoms with Crippen molar-refractivity contribution in [2.24, 2.45) is 5.41 Å². The van der Waals surface area contributed by atoms with Crippen LogP contribution in [0.2, 0.25) is 0 Å². The van der Waals surface area contributed by atoms with Crippen molar-refractivity contribution in [2.45, 2.75) is 47.5 Å². The molecule has 0 bridgehead atoms. The second-order valence-electron chi connectivity index (χ2n) is 7.50. The summed E-state index contributed by atoms with van der Waals surface area (Å²) in [5.74, 6) is 0.837. The van der Waals surface area contributed by atoms with E-state index in [0.29, 0.717) is 43.2 Å². The fourth-order valence-corrected chi connectivity index (χ4v) is 2.79. The molecular weight excluding hydrogens is 294 g/mol. The molecule has 0 unspecified atom stereocenters. The van der Waals surface area contributed by atoms with Gasteiger partial charge in [0.1, 0.15) is 5.56 Å². The number of aryl methyl sites for hydroxylation is 1. The van der Waals surface area contributed by atoms with Gasteiger partial charge >= 0.3 is 0 Å². The van der Waals surface area contributed by atoms with Crippen LogP contribution in [0, 0.1) is 12.3 Å². The average molecular weight is 321 g/mol. The van der Waals surface area contributed by atoms with Gasteiger partial charge in [0.15, 0.2) is 5.76 Å². The van der Waals surface area contributed by atoms with Crippen molar-refractivity contribution < 1.29 is 14.1 Å². The first kappa shape index (κ1) is 17.5. The molecular formula is C17H27N3O3. The van der Waals surface area contributed by atoms with E-state index in [4.69, 9.17) is 4.52 Å². The quantitative estimate of drug-likeness (QED) is 0.839. The summed E-state index contributed by atoms with van der Waals surface area (Å²) in [7, 11) is 0. The smallest absolute Gasteiger partial charge is 0.259 e. The molecule has 2 heterocycles. The molecule has 0 spiro atoms. The summed E-state index contributed by atoms with van der Waals surface area (Å²) in [6, 6.07) is 0. The van der Waals surface area contributed by atoms with Crippen molar-refractivity contribution in [3.8, 4) is 0 Å². The molecule has 2 amide bonds. The largest absolute Gasteiger partial charge is 0.360 e. The van der Waals surface area contributed by atoms with Gasteiger partial charge in [0, 0.05) is 37.5 Å². The Balaban J connectivity index is 2.08. The van der Waals surface area contributed by atoms with Gasteiger partial charge in [-0.3, -0.25) is 9.59 Å². The van der Waals surface area contributed by atoms with Crippen molar-refractivity contribution in [2.75, 3.05) is 26.2 Å². The van der Waals surface area contributed by atoms with Crippen LogP contribution >= 0.6 is 0 Å². The van der Waals surface area contributed by atoms with Crippen LogP contribution < -0.4 is 0 Å². The molecule has 1 aromatic rings. The van der Waals surface area contributed by atoms with Gasteiger partial charge in [-0.1, -0.05) is 39.8 Å². The molecule has 1 aliphatic heterocycles. The predicted molar refractivity (Wildman–Crippen MR) is 87.3 cm³/mol. The third kappa shape index (κ3) is 3.57. The van der Waals surface area contributed by atoms with Gasteiger partial charge in [-0.05, 0) is 6.92 Å². The number of hydrogen-bond acceptors (Lipinski definition) is 4. The lowest BCUT2D eigenvalue weighted by molar-refractivity contribution is -0.140. The molecule has 1 fully saturated rings. The van der Waals surface area contributed by atoms with E-state index < -0.39 is 0 Å². The van der Waals surface area contributed by atoms with E-state index in [1.807, 2.05) is 39.5 Å². The number of piperazine rings is 1. The number of amides is 2. The number of rotatable bonds is 2. The minimum absolute atomic E-state index is 0.0460. The zero-order valence-corrected chi connectivity index (χ0v) is 15.0. The first-order chi connectivity index (χ1) is 10.6. The summed E-state index contributed by atoms with van der Waals surface area (Å²) >= 11 is 0. The van der Waals surface area contributed by atoms with E-state index in [0.717, 1.165) is 0 Å². The normalized spacial score (nSPS) is 16.1. The molecule has 6 nitrogen and oxygen atoms in total. The molecule has 6 heteroatoms. The Morgan fingerprint density at radius 3 is 2.09 bits per heavy atom. The molecule has 0 saturated carbocycles. The highest BCUT2D eigenvalue weighted by atomic mass is 16.5. The second-order valence-corrected chi connectivity index (χ2v) is 7.50. The molecule has 0 radical (unpaired) electrons. The Morgan fingerprint density at radius 1 is 1.09 bits per heavy atom. The molecule has 23 heavy (non-hydrogen) atoms. The molecule has 0 N–H and O–H groups in total. The van der Waals surface area contributed by atoms with Crippen LogP contribution in [0.3, 0.4) is 0 Å². The van der Waals surface area contributed by atoms with Crippen LogP contribution in [0.5, 0.6) is 0 Å². The Labute approximate surface area is 137 Å². The first-order valence-electron chi connectivity index (χ1n) is 8.17. The zero-order chi connectivity index (χ0) is 17.4. The Bertz CT molecular complexity index is 591. The molecule has 128 valence electrons. The maximum Gasteiger partial charge on any atom is 0.259 e. The Kier molecular flexibility index (Phi) is 4.82. The number of carbonyl (C=O) groups excluding carboxylic acids is 2. The minimum Gasteiger partial charge on any atom is -0.360 e. The summed E-state index contributed by atoms with van der Waals surface area (Å²) in [4.78, 5) is 28.8. The van der Waals surface area contributed by atoms with Gasteiger partial charge in [-0.15, -0.1) is 0 Å². The average Bonchev–Trinajstić information content (AvgIpc) is 2.87. The minimum atomic E-state index is -0.387. The lowest BCUT2D eigenvalue weighted by Crippen LogP contribution is -2.53. The van der Waals surface area contributed by atoms with Crippen molar-refractivity contribution in [3.05, 3.63) is 17.0 Å². The summed E-state index contributed by atoms with van der Waals surface area (Å²) in [5.41, 5.74) is 0.824. The third-order valence-electron chi connectivity index (χ3n) is 4.12. The zero-order valence-electron chi connectivity index (χ0n) is 15.0. The van der Waals surface area contributed by atoms with Gasteiger partial charge < -0.3 is 14.3 Å². The van der Waals surface area contributed by atoms with Gasteiger partial charge in [0.25, 0.3) is 5.91 Å². The number of aromatic nitrogens is 1. The van der Waals surface area contributed by atoms with Crippen LogP contribution in [0.1, 0.15) is 62.3 Å². The SMILES string of the molecule is Cc1noc(C(C)C)c1C(=O)N1CCN(C(=O)C(C)(C)C)CC1. The van der Waals surface area contributed by atoms with Crippen molar-refractivity contribution in [3.63, 3.8) is 0 Å². The molecule has 1 aliphatic rings. The predicted octanol–water partition coefficient (Wildman–Crippen LogP) is 2.44. The molecule has 0 aliphatic carbocycles. The third-order valence-corrected chi connectivity index (χ3v) is 4.12. The second kappa shape index (κ2) is 6.34. The summed E-state index contributed by atoms with van der Waals surface area (Å²) in [6.07, 6.45) is 0. The van der Waals surface area contributed by atoms with Crippen LogP contribution in [0.4, 0.5) is 0 Å². The van der Waals surface area contributed by atoms with E-state index in [1.54, 1.807) is 11.8 Å². The number of nitrogens with zero attached hydrogens (tertiary/aromatic N) is 3. The highest BCUT2D eigenvalue weighted by Crippen LogP contribution is 2.25. The lowest BCUT2D eigenvalue weighted by atomic mass is 9.94. The van der Waals surface area contributed by atoms with Gasteiger partial charge in [-0.2, -0.15) is 0 Å². The van der Waals surface area contributed by atoms with E-state index in [1.165, 1.54) is 0 Å². The van der Waals surface area contributed by atoms with Gasteiger partial charge in [-0.25, -0.2) is 0 Å². The van der Waals surface area contributed by atoms with Gasteiger partial charge in [0.2, 0.25) is 5.91 Å². The standard InChI is InChI=1S/C17H27N3O3/c1-11(2)14-13(12(3)18-23-14)15(21)19-7-9-20(10-8-19)16(22)17(4,5)6/h11H,7-10H2,1-6H3. The Hall–Kier alpha value is -1.85. The van der Waals surface area contributed by atoms with Crippen molar-refractivity contribution in [1.82, 2.24) is 15.0 Å². The molecule has 0 aromatic carbocycles. The van der Waals surface area contributed by atoms with E-state index >= 15 is 0 Å². The van der Waals surface area contributed by atoms with Crippen LogP contribution in [-0.4, -0.2) is 52.9 Å². The summed E-state index contributed by atoms with van der Waals surface area (Å²) < 4.78 is 5.31. The number of carbonyl (C=O) groups is 2. The molecule has 2 rings (SSSR count). The summed E-state index contributed by atoms with van der Waals surface area (Å²) in [5, 5.41) is 3.94. The van der Waals surface area contributed by atoms with Crippen LogP contribution in [0.15, 0.2) is 4.52 Å². The Morgan fingerprint density at radius 2 is 1.61 bits per heavy atom. The lowest BCUT2D eigenvalue weighted by Gasteiger charge is -2.37. The number of hydrogen-bond donors (Lipinski definition) is 0. The fourth-order valence-electron chi connectivity index (χ4n) is 2.79. The molecule has 0 atom stereocenters. The first-order valence-corrected chi connectivity index (χ1v) is 8.17. The molecule has 1 saturated heterocycles. The highest BCUT2D eigenvalue weighted by molar-refractivity contribution is 5.96. The molecule has 1 aromatic heterocycles. The van der Waals surface area contributed by atoms with E-state index in [9.17, 15) is 9.59 Å². The monoisotopic (exact) mass is 321 g/mol. The van der Waals surface area contributed by atoms with Crippen LogP contribution in [-0.2, 0) is 4.79 Å².